The maximum atomic E-state index is 11.8. The molecule has 1 atom stereocenters. The number of anilines is 1. The van der Waals surface area contributed by atoms with E-state index >= 15 is 0 Å². The van der Waals surface area contributed by atoms with Crippen molar-refractivity contribution in [3.63, 3.8) is 0 Å². The Labute approximate surface area is 118 Å². The molecule has 0 heterocycles. The second-order valence-corrected chi connectivity index (χ2v) is 4.96. The van der Waals surface area contributed by atoms with E-state index in [9.17, 15) is 9.59 Å². The zero-order chi connectivity index (χ0) is 15.1. The average Bonchev–Trinajstić information content (AvgIpc) is 2.36. The van der Waals surface area contributed by atoms with E-state index in [0.717, 1.165) is 5.56 Å². The third-order valence-corrected chi connectivity index (χ3v) is 2.89. The Morgan fingerprint density at radius 1 is 1.30 bits per heavy atom. The standard InChI is InChI=1S/C15H20N2O3/c1-10(2)13(9-15(19)20)17-14(18)8-5-11-3-6-12(16)7-4-11/h3-8,10,13H,9,16H2,1-2H3,(H,17,18)(H,19,20)/b8-5+. The van der Waals surface area contributed by atoms with Crippen molar-refractivity contribution >= 4 is 23.6 Å². The van der Waals surface area contributed by atoms with Crippen LogP contribution in [0.5, 0.6) is 0 Å². The zero-order valence-electron chi connectivity index (χ0n) is 11.7. The van der Waals surface area contributed by atoms with E-state index in [1.165, 1.54) is 6.08 Å². The SMILES string of the molecule is CC(C)C(CC(=O)O)NC(=O)/C=C/c1ccc(N)cc1. The normalized spacial score (nSPS) is 12.6. The number of carboxylic acids is 1. The van der Waals surface area contributed by atoms with Crippen molar-refractivity contribution in [1.82, 2.24) is 5.32 Å². The number of nitrogen functional groups attached to an aromatic ring is 1. The summed E-state index contributed by atoms with van der Waals surface area (Å²) >= 11 is 0. The Morgan fingerprint density at radius 3 is 2.40 bits per heavy atom. The monoisotopic (exact) mass is 276 g/mol. The minimum atomic E-state index is -0.925. The van der Waals surface area contributed by atoms with Gasteiger partial charge in [-0.2, -0.15) is 0 Å². The van der Waals surface area contributed by atoms with Crippen molar-refractivity contribution in [2.24, 2.45) is 5.92 Å². The van der Waals surface area contributed by atoms with Gasteiger partial charge in [-0.25, -0.2) is 0 Å². The largest absolute Gasteiger partial charge is 0.481 e. The Morgan fingerprint density at radius 2 is 1.90 bits per heavy atom. The second kappa shape index (κ2) is 7.33. The van der Waals surface area contributed by atoms with Crippen molar-refractivity contribution in [3.8, 4) is 0 Å². The van der Waals surface area contributed by atoms with E-state index in [-0.39, 0.29) is 24.3 Å². The highest BCUT2D eigenvalue weighted by Crippen LogP contribution is 2.08. The number of carboxylic acid groups (broad SMARTS) is 1. The summed E-state index contributed by atoms with van der Waals surface area (Å²) in [5.74, 6) is -1.17. The molecule has 1 aromatic rings. The first-order valence-corrected chi connectivity index (χ1v) is 6.44. The average molecular weight is 276 g/mol. The number of hydrogen-bond acceptors (Lipinski definition) is 3. The summed E-state index contributed by atoms with van der Waals surface area (Å²) in [6.45, 7) is 3.75. The third kappa shape index (κ3) is 5.56. The second-order valence-electron chi connectivity index (χ2n) is 4.96. The number of amides is 1. The van der Waals surface area contributed by atoms with Crippen LogP contribution in [0.4, 0.5) is 5.69 Å². The van der Waals surface area contributed by atoms with Crippen molar-refractivity contribution in [2.75, 3.05) is 5.73 Å². The fourth-order valence-corrected chi connectivity index (χ4v) is 1.65. The Hall–Kier alpha value is -2.30. The number of aliphatic carboxylic acids is 1. The summed E-state index contributed by atoms with van der Waals surface area (Å²) in [6.07, 6.45) is 2.97. The molecule has 5 nitrogen and oxygen atoms in total. The minimum Gasteiger partial charge on any atom is -0.481 e. The van der Waals surface area contributed by atoms with Crippen LogP contribution in [-0.4, -0.2) is 23.0 Å². The van der Waals surface area contributed by atoms with Crippen LogP contribution in [0.2, 0.25) is 0 Å². The topological polar surface area (TPSA) is 92.4 Å². The van der Waals surface area contributed by atoms with Crippen LogP contribution in [-0.2, 0) is 9.59 Å². The summed E-state index contributed by atoms with van der Waals surface area (Å²) in [6, 6.07) is 6.72. The van der Waals surface area contributed by atoms with E-state index in [1.807, 2.05) is 13.8 Å². The number of nitrogens with one attached hydrogen (secondary N) is 1. The van der Waals surface area contributed by atoms with Crippen molar-refractivity contribution < 1.29 is 14.7 Å². The highest BCUT2D eigenvalue weighted by atomic mass is 16.4. The number of hydrogen-bond donors (Lipinski definition) is 3. The lowest BCUT2D eigenvalue weighted by Gasteiger charge is -2.19. The summed E-state index contributed by atoms with van der Waals surface area (Å²) < 4.78 is 0. The molecule has 5 heteroatoms. The quantitative estimate of drug-likeness (QED) is 0.546. The highest BCUT2D eigenvalue weighted by Gasteiger charge is 2.18. The van der Waals surface area contributed by atoms with Gasteiger partial charge in [0.1, 0.15) is 0 Å². The van der Waals surface area contributed by atoms with Gasteiger partial charge in [-0.1, -0.05) is 26.0 Å². The van der Waals surface area contributed by atoms with Gasteiger partial charge in [0.15, 0.2) is 0 Å². The predicted molar refractivity (Wildman–Crippen MR) is 78.9 cm³/mol. The summed E-state index contributed by atoms with van der Waals surface area (Å²) in [5.41, 5.74) is 7.08. The lowest BCUT2D eigenvalue weighted by Crippen LogP contribution is -2.39. The van der Waals surface area contributed by atoms with Gasteiger partial charge in [-0.05, 0) is 29.7 Å². The molecule has 0 saturated carbocycles. The zero-order valence-corrected chi connectivity index (χ0v) is 11.7. The smallest absolute Gasteiger partial charge is 0.305 e. The maximum Gasteiger partial charge on any atom is 0.305 e. The highest BCUT2D eigenvalue weighted by molar-refractivity contribution is 5.92. The lowest BCUT2D eigenvalue weighted by molar-refractivity contribution is -0.138. The molecule has 0 aliphatic heterocycles. The van der Waals surface area contributed by atoms with Crippen LogP contribution >= 0.6 is 0 Å². The van der Waals surface area contributed by atoms with E-state index in [2.05, 4.69) is 5.32 Å². The lowest BCUT2D eigenvalue weighted by atomic mass is 10.0. The molecule has 0 aromatic heterocycles. The molecule has 0 aliphatic rings. The van der Waals surface area contributed by atoms with Gasteiger partial charge in [-0.3, -0.25) is 9.59 Å². The van der Waals surface area contributed by atoms with Gasteiger partial charge < -0.3 is 16.2 Å². The molecule has 0 spiro atoms. The van der Waals surface area contributed by atoms with Gasteiger partial charge in [0.25, 0.3) is 0 Å². The van der Waals surface area contributed by atoms with Crippen LogP contribution in [0.3, 0.4) is 0 Å². The van der Waals surface area contributed by atoms with E-state index in [4.69, 9.17) is 10.8 Å². The predicted octanol–water partition coefficient (Wildman–Crippen LogP) is 1.90. The molecular formula is C15H20N2O3. The van der Waals surface area contributed by atoms with Crippen LogP contribution < -0.4 is 11.1 Å². The van der Waals surface area contributed by atoms with Gasteiger partial charge in [0.2, 0.25) is 5.91 Å². The molecule has 0 saturated heterocycles. The molecule has 1 rings (SSSR count). The number of benzene rings is 1. The van der Waals surface area contributed by atoms with E-state index in [1.54, 1.807) is 30.3 Å². The van der Waals surface area contributed by atoms with Gasteiger partial charge >= 0.3 is 5.97 Å². The molecule has 0 radical (unpaired) electrons. The van der Waals surface area contributed by atoms with Crippen LogP contribution in [0, 0.1) is 5.92 Å². The maximum absolute atomic E-state index is 11.8. The van der Waals surface area contributed by atoms with Crippen molar-refractivity contribution in [3.05, 3.63) is 35.9 Å². The van der Waals surface area contributed by atoms with Gasteiger partial charge in [0, 0.05) is 17.8 Å². The van der Waals surface area contributed by atoms with Crippen molar-refractivity contribution in [1.29, 1.82) is 0 Å². The first kappa shape index (κ1) is 15.8. The summed E-state index contributed by atoms with van der Waals surface area (Å²) in [5, 5.41) is 11.5. The summed E-state index contributed by atoms with van der Waals surface area (Å²) in [4.78, 5) is 22.5. The molecule has 0 fully saturated rings. The third-order valence-electron chi connectivity index (χ3n) is 2.89. The Balaban J connectivity index is 2.61. The first-order valence-electron chi connectivity index (χ1n) is 6.44. The fourth-order valence-electron chi connectivity index (χ4n) is 1.65. The number of rotatable bonds is 6. The molecule has 1 amide bonds. The summed E-state index contributed by atoms with van der Waals surface area (Å²) in [7, 11) is 0. The Bertz CT molecular complexity index is 492. The molecule has 1 aromatic carbocycles. The van der Waals surface area contributed by atoms with Crippen molar-refractivity contribution in [2.45, 2.75) is 26.3 Å². The number of carbonyl (C=O) groups is 2. The van der Waals surface area contributed by atoms with Gasteiger partial charge in [0.05, 0.1) is 6.42 Å². The molecule has 4 N–H and O–H groups in total. The van der Waals surface area contributed by atoms with Gasteiger partial charge in [-0.15, -0.1) is 0 Å². The molecule has 20 heavy (non-hydrogen) atoms. The van der Waals surface area contributed by atoms with E-state index < -0.39 is 5.97 Å². The first-order chi connectivity index (χ1) is 9.38. The number of carbonyl (C=O) groups excluding carboxylic acids is 1. The molecule has 0 aliphatic carbocycles. The molecular weight excluding hydrogens is 256 g/mol. The van der Waals surface area contributed by atoms with Crippen LogP contribution in [0.15, 0.2) is 30.3 Å². The fraction of sp³-hybridized carbons (Fsp3) is 0.333. The van der Waals surface area contributed by atoms with E-state index in [0.29, 0.717) is 5.69 Å². The molecule has 108 valence electrons. The Kier molecular flexibility index (Phi) is 5.77. The minimum absolute atomic E-state index is 0.0555. The molecule has 0 bridgehead atoms. The van der Waals surface area contributed by atoms with Crippen LogP contribution in [0.1, 0.15) is 25.8 Å². The number of nitrogens with two attached hydrogens (primary N) is 1. The molecule has 1 unspecified atom stereocenters. The van der Waals surface area contributed by atoms with Crippen LogP contribution in [0.25, 0.3) is 6.08 Å².